The minimum atomic E-state index is -3.89. The van der Waals surface area contributed by atoms with Crippen molar-refractivity contribution in [3.63, 3.8) is 0 Å². The lowest BCUT2D eigenvalue weighted by molar-refractivity contribution is -0.0519. The van der Waals surface area contributed by atoms with Crippen LogP contribution in [0.4, 0.5) is 0 Å². The number of nitrogens with two attached hydrogens (primary N) is 1. The van der Waals surface area contributed by atoms with Gasteiger partial charge in [-0.1, -0.05) is 13.0 Å². The molecule has 3 aliphatic rings. The molecule has 3 aliphatic carbocycles. The SMILES string of the molecule is C[C@]12CCC3c4ccc(O)cc4CCC3C1C(OC(=O)c1ccc(S(N)(=O)=O)cc1)[C@@H](O)[C@@H]2O. The summed E-state index contributed by atoms with van der Waals surface area (Å²) >= 11 is 0. The van der Waals surface area contributed by atoms with Crippen molar-refractivity contribution in [3.8, 4) is 5.75 Å². The van der Waals surface area contributed by atoms with Gasteiger partial charge in [-0.2, -0.15) is 0 Å². The highest BCUT2D eigenvalue weighted by Gasteiger charge is 2.64. The first kappa shape index (κ1) is 23.3. The molecule has 0 amide bonds. The van der Waals surface area contributed by atoms with E-state index in [1.54, 1.807) is 12.1 Å². The van der Waals surface area contributed by atoms with E-state index in [1.165, 1.54) is 29.8 Å². The number of rotatable bonds is 3. The average molecular weight is 488 g/mol. The summed E-state index contributed by atoms with van der Waals surface area (Å²) in [5.74, 6) is -0.402. The molecule has 0 aromatic heterocycles. The average Bonchev–Trinajstić information content (AvgIpc) is 2.99. The van der Waals surface area contributed by atoms with Gasteiger partial charge in [0.1, 0.15) is 18.0 Å². The molecule has 5 rings (SSSR count). The highest BCUT2D eigenvalue weighted by molar-refractivity contribution is 7.89. The van der Waals surface area contributed by atoms with Gasteiger partial charge in [0, 0.05) is 11.3 Å². The number of carbonyl (C=O) groups excluding carboxylic acids is 1. The van der Waals surface area contributed by atoms with Gasteiger partial charge >= 0.3 is 5.97 Å². The Hall–Kier alpha value is -2.46. The summed E-state index contributed by atoms with van der Waals surface area (Å²) in [7, 11) is -3.89. The van der Waals surface area contributed by atoms with E-state index in [4.69, 9.17) is 9.88 Å². The van der Waals surface area contributed by atoms with Crippen molar-refractivity contribution in [2.75, 3.05) is 0 Å². The maximum absolute atomic E-state index is 13.0. The fourth-order valence-corrected chi connectivity index (χ4v) is 7.22. The molecule has 7 atom stereocenters. The van der Waals surface area contributed by atoms with Crippen LogP contribution in [0.2, 0.25) is 0 Å². The van der Waals surface area contributed by atoms with Gasteiger partial charge in [0.15, 0.2) is 0 Å². The van der Waals surface area contributed by atoms with E-state index in [1.807, 2.05) is 13.0 Å². The van der Waals surface area contributed by atoms with Crippen molar-refractivity contribution in [1.29, 1.82) is 0 Å². The molecular formula is C25H29NO7S. The van der Waals surface area contributed by atoms with E-state index in [9.17, 15) is 28.5 Å². The zero-order valence-corrected chi connectivity index (χ0v) is 19.6. The van der Waals surface area contributed by atoms with Gasteiger partial charge in [-0.15, -0.1) is 0 Å². The number of benzene rings is 2. The number of aromatic hydroxyl groups is 1. The largest absolute Gasteiger partial charge is 0.508 e. The number of aryl methyl sites for hydroxylation is 1. The van der Waals surface area contributed by atoms with Crippen molar-refractivity contribution in [3.05, 3.63) is 59.2 Å². The molecule has 4 unspecified atom stereocenters. The van der Waals surface area contributed by atoms with Crippen LogP contribution in [0.1, 0.15) is 53.6 Å². The maximum Gasteiger partial charge on any atom is 0.338 e. The number of fused-ring (bicyclic) bond motifs is 5. The van der Waals surface area contributed by atoms with Crippen LogP contribution in [0.25, 0.3) is 0 Å². The quantitative estimate of drug-likeness (QED) is 0.485. The Bertz CT molecular complexity index is 1230. The number of primary sulfonamides is 1. The lowest BCUT2D eigenvalue weighted by Crippen LogP contribution is -2.47. The third-order valence-electron chi connectivity index (χ3n) is 8.36. The molecule has 0 saturated heterocycles. The van der Waals surface area contributed by atoms with Crippen molar-refractivity contribution in [2.24, 2.45) is 22.4 Å². The zero-order valence-electron chi connectivity index (χ0n) is 18.8. The molecule has 2 aromatic carbocycles. The number of aliphatic hydroxyl groups is 2. The zero-order chi connectivity index (χ0) is 24.4. The summed E-state index contributed by atoms with van der Waals surface area (Å²) in [6, 6.07) is 10.6. The number of aliphatic hydroxyl groups excluding tert-OH is 2. The van der Waals surface area contributed by atoms with Crippen LogP contribution in [0.15, 0.2) is 47.4 Å². The highest BCUT2D eigenvalue weighted by atomic mass is 32.2. The second-order valence-corrected chi connectivity index (χ2v) is 11.7. The summed E-state index contributed by atoms with van der Waals surface area (Å²) < 4.78 is 28.8. The van der Waals surface area contributed by atoms with Crippen LogP contribution in [-0.2, 0) is 21.2 Å². The van der Waals surface area contributed by atoms with E-state index in [2.05, 4.69) is 0 Å². The summed E-state index contributed by atoms with van der Waals surface area (Å²) in [4.78, 5) is 12.8. The van der Waals surface area contributed by atoms with E-state index < -0.39 is 39.7 Å². The second kappa shape index (κ2) is 8.05. The first-order valence-electron chi connectivity index (χ1n) is 11.5. The molecule has 2 aromatic rings. The Morgan fingerprint density at radius 1 is 1.12 bits per heavy atom. The van der Waals surface area contributed by atoms with Gasteiger partial charge in [0.25, 0.3) is 0 Å². The molecule has 0 radical (unpaired) electrons. The lowest BCUT2D eigenvalue weighted by Gasteiger charge is -2.50. The number of sulfonamides is 1. The predicted molar refractivity (Wildman–Crippen MR) is 123 cm³/mol. The van der Waals surface area contributed by atoms with E-state index >= 15 is 0 Å². The van der Waals surface area contributed by atoms with Crippen molar-refractivity contribution < 1.29 is 33.3 Å². The predicted octanol–water partition coefficient (Wildman–Crippen LogP) is 2.06. The fourth-order valence-electron chi connectivity index (χ4n) is 6.71. The topological polar surface area (TPSA) is 147 Å². The molecule has 9 heteroatoms. The van der Waals surface area contributed by atoms with Crippen molar-refractivity contribution in [2.45, 2.75) is 61.7 Å². The third kappa shape index (κ3) is 3.62. The van der Waals surface area contributed by atoms with Gasteiger partial charge < -0.3 is 20.1 Å². The first-order valence-corrected chi connectivity index (χ1v) is 13.1. The number of esters is 1. The molecule has 8 nitrogen and oxygen atoms in total. The molecule has 0 bridgehead atoms. The van der Waals surface area contributed by atoms with Gasteiger partial charge in [0.05, 0.1) is 16.6 Å². The number of carbonyl (C=O) groups is 1. The van der Waals surface area contributed by atoms with Gasteiger partial charge in [-0.25, -0.2) is 18.4 Å². The van der Waals surface area contributed by atoms with Crippen LogP contribution in [0.3, 0.4) is 0 Å². The Morgan fingerprint density at radius 2 is 1.82 bits per heavy atom. The lowest BCUT2D eigenvalue weighted by atomic mass is 9.55. The molecular weight excluding hydrogens is 458 g/mol. The van der Waals surface area contributed by atoms with Crippen LogP contribution in [0, 0.1) is 17.3 Å². The van der Waals surface area contributed by atoms with E-state index in [0.717, 1.165) is 24.8 Å². The standard InChI is InChI=1S/C25H29NO7S/c1-25-11-10-18-17-9-5-15(27)12-14(17)4-8-19(18)20(25)22(21(28)23(25)29)33-24(30)13-2-6-16(7-3-13)34(26,31)32/h2-3,5-7,9,12,18-23,27-29H,4,8,10-11H2,1H3,(H2,26,31,32)/t18?,19?,20?,21-,22?,23+,25+/m1/s1. The molecule has 0 spiro atoms. The smallest absolute Gasteiger partial charge is 0.338 e. The summed E-state index contributed by atoms with van der Waals surface area (Å²) in [6.07, 6.45) is -0.0533. The van der Waals surface area contributed by atoms with E-state index in [0.29, 0.717) is 6.42 Å². The Morgan fingerprint density at radius 3 is 2.50 bits per heavy atom. The second-order valence-electron chi connectivity index (χ2n) is 10.1. The highest BCUT2D eigenvalue weighted by Crippen LogP contribution is 2.61. The van der Waals surface area contributed by atoms with Crippen molar-refractivity contribution in [1.82, 2.24) is 0 Å². The van der Waals surface area contributed by atoms with Crippen LogP contribution in [-0.4, -0.2) is 48.0 Å². The number of phenols is 1. The fraction of sp³-hybridized carbons (Fsp3) is 0.480. The monoisotopic (exact) mass is 487 g/mol. The molecule has 0 heterocycles. The van der Waals surface area contributed by atoms with Crippen LogP contribution >= 0.6 is 0 Å². The minimum Gasteiger partial charge on any atom is -0.508 e. The maximum atomic E-state index is 13.0. The molecule has 34 heavy (non-hydrogen) atoms. The first-order chi connectivity index (χ1) is 16.0. The van der Waals surface area contributed by atoms with Crippen molar-refractivity contribution >= 4 is 16.0 Å². The van der Waals surface area contributed by atoms with E-state index in [-0.39, 0.29) is 34.0 Å². The number of ether oxygens (including phenoxy) is 1. The molecule has 5 N–H and O–H groups in total. The molecule has 0 aliphatic heterocycles. The number of hydrogen-bond acceptors (Lipinski definition) is 7. The number of hydrogen-bond donors (Lipinski definition) is 4. The Labute approximate surface area is 198 Å². The van der Waals surface area contributed by atoms with Gasteiger partial charge in [0.2, 0.25) is 10.0 Å². The Balaban J connectivity index is 1.44. The normalized spacial score (nSPS) is 34.6. The van der Waals surface area contributed by atoms with Crippen LogP contribution < -0.4 is 5.14 Å². The number of phenolic OH excluding ortho intramolecular Hbond substituents is 1. The summed E-state index contributed by atoms with van der Waals surface area (Å²) in [6.45, 7) is 1.96. The Kier molecular flexibility index (Phi) is 5.51. The molecule has 2 fully saturated rings. The van der Waals surface area contributed by atoms with Gasteiger partial charge in [-0.05, 0) is 85.0 Å². The molecule has 2 saturated carbocycles. The third-order valence-corrected chi connectivity index (χ3v) is 9.29. The van der Waals surface area contributed by atoms with Crippen LogP contribution in [0.5, 0.6) is 5.75 Å². The van der Waals surface area contributed by atoms with Gasteiger partial charge in [-0.3, -0.25) is 0 Å². The summed E-state index contributed by atoms with van der Waals surface area (Å²) in [5, 5.41) is 37.0. The molecule has 182 valence electrons. The summed E-state index contributed by atoms with van der Waals surface area (Å²) in [5.41, 5.74) is 1.83. The minimum absolute atomic E-state index is 0.102.